The number of benzene rings is 2. The van der Waals surface area contributed by atoms with E-state index >= 15 is 0 Å². The molecule has 2 aromatic carbocycles. The third kappa shape index (κ3) is 4.37. The summed E-state index contributed by atoms with van der Waals surface area (Å²) in [6.45, 7) is 3.69. The highest BCUT2D eigenvalue weighted by atomic mass is 32.1. The molecular formula is C19H19N3O3S. The summed E-state index contributed by atoms with van der Waals surface area (Å²) in [5.74, 6) is 1.14. The number of aromatic nitrogens is 2. The van der Waals surface area contributed by atoms with Gasteiger partial charge in [-0.3, -0.25) is 10.1 Å². The molecule has 0 aliphatic carbocycles. The average molecular weight is 369 g/mol. The number of methoxy groups -OCH3 is 1. The molecule has 7 heteroatoms. The molecule has 0 aliphatic heterocycles. The number of carbonyl (C=O) groups excluding carboxylic acids is 1. The van der Waals surface area contributed by atoms with Crippen LogP contribution >= 0.6 is 11.3 Å². The highest BCUT2D eigenvalue weighted by Gasteiger charge is 2.17. The second-order valence-electron chi connectivity index (χ2n) is 5.70. The number of ether oxygens (including phenoxy) is 2. The molecule has 1 unspecified atom stereocenters. The summed E-state index contributed by atoms with van der Waals surface area (Å²) < 4.78 is 10.8. The van der Waals surface area contributed by atoms with Crippen molar-refractivity contribution in [1.82, 2.24) is 10.2 Å². The van der Waals surface area contributed by atoms with Crippen LogP contribution in [0.4, 0.5) is 5.13 Å². The van der Waals surface area contributed by atoms with Gasteiger partial charge in [0.15, 0.2) is 6.10 Å². The number of nitrogens with zero attached hydrogens (tertiary/aromatic N) is 2. The van der Waals surface area contributed by atoms with E-state index < -0.39 is 6.10 Å². The van der Waals surface area contributed by atoms with Crippen LogP contribution in [0.25, 0.3) is 10.6 Å². The van der Waals surface area contributed by atoms with E-state index in [0.29, 0.717) is 10.9 Å². The first kappa shape index (κ1) is 17.9. The summed E-state index contributed by atoms with van der Waals surface area (Å²) in [5.41, 5.74) is 2.04. The lowest BCUT2D eigenvalue weighted by molar-refractivity contribution is -0.122. The van der Waals surface area contributed by atoms with Crippen LogP contribution in [0, 0.1) is 6.92 Å². The molecule has 3 rings (SSSR count). The molecule has 1 N–H and O–H groups in total. The summed E-state index contributed by atoms with van der Waals surface area (Å²) in [6, 6.07) is 15.1. The molecule has 0 spiro atoms. The van der Waals surface area contributed by atoms with Gasteiger partial charge in [0.25, 0.3) is 5.91 Å². The third-order valence-corrected chi connectivity index (χ3v) is 4.58. The first-order valence-electron chi connectivity index (χ1n) is 8.07. The van der Waals surface area contributed by atoms with E-state index in [2.05, 4.69) is 15.5 Å². The molecule has 134 valence electrons. The second-order valence-corrected chi connectivity index (χ2v) is 6.68. The van der Waals surface area contributed by atoms with E-state index in [9.17, 15) is 4.79 Å². The van der Waals surface area contributed by atoms with Crippen LogP contribution in [0.15, 0.2) is 48.5 Å². The molecule has 26 heavy (non-hydrogen) atoms. The maximum absolute atomic E-state index is 12.3. The minimum Gasteiger partial charge on any atom is -0.497 e. The lowest BCUT2D eigenvalue weighted by Gasteiger charge is -2.13. The fourth-order valence-corrected chi connectivity index (χ4v) is 2.96. The smallest absolute Gasteiger partial charge is 0.266 e. The highest BCUT2D eigenvalue weighted by Crippen LogP contribution is 2.28. The van der Waals surface area contributed by atoms with Crippen LogP contribution in [0.1, 0.15) is 12.5 Å². The van der Waals surface area contributed by atoms with Gasteiger partial charge >= 0.3 is 0 Å². The largest absolute Gasteiger partial charge is 0.497 e. The molecule has 0 saturated heterocycles. The Hall–Kier alpha value is -2.93. The van der Waals surface area contributed by atoms with E-state index in [4.69, 9.17) is 9.47 Å². The maximum Gasteiger partial charge on any atom is 0.266 e. The molecule has 0 fully saturated rings. The van der Waals surface area contributed by atoms with Crippen molar-refractivity contribution in [2.45, 2.75) is 20.0 Å². The monoisotopic (exact) mass is 369 g/mol. The van der Waals surface area contributed by atoms with Gasteiger partial charge in [-0.2, -0.15) is 0 Å². The van der Waals surface area contributed by atoms with Gasteiger partial charge in [0.05, 0.1) is 7.11 Å². The predicted octanol–water partition coefficient (Wildman–Crippen LogP) is 3.93. The molecule has 0 bridgehead atoms. The van der Waals surface area contributed by atoms with Crippen LogP contribution in [0.2, 0.25) is 0 Å². The van der Waals surface area contributed by atoms with Crippen molar-refractivity contribution in [2.75, 3.05) is 12.4 Å². The summed E-state index contributed by atoms with van der Waals surface area (Å²) in [6.07, 6.45) is -0.647. The van der Waals surface area contributed by atoms with Crippen molar-refractivity contribution in [3.63, 3.8) is 0 Å². The Morgan fingerprint density at radius 3 is 2.35 bits per heavy atom. The Bertz CT molecular complexity index is 876. The lowest BCUT2D eigenvalue weighted by Crippen LogP contribution is -2.30. The molecular weight excluding hydrogens is 350 g/mol. The fraction of sp³-hybridized carbons (Fsp3) is 0.211. The zero-order valence-corrected chi connectivity index (χ0v) is 15.5. The first-order chi connectivity index (χ1) is 12.5. The Balaban J connectivity index is 1.62. The number of carbonyl (C=O) groups is 1. The zero-order valence-electron chi connectivity index (χ0n) is 14.7. The standard InChI is InChI=1S/C19H19N3O3S/c1-12-4-8-16(9-5-12)25-13(2)17(23)20-19-22-21-18(26-19)14-6-10-15(24-3)11-7-14/h4-11,13H,1-3H3,(H,20,22,23). The molecule has 6 nitrogen and oxygen atoms in total. The van der Waals surface area contributed by atoms with E-state index in [0.717, 1.165) is 21.9 Å². The predicted molar refractivity (Wildman–Crippen MR) is 102 cm³/mol. The number of hydrogen-bond donors (Lipinski definition) is 1. The Labute approximate surface area is 155 Å². The van der Waals surface area contributed by atoms with Gasteiger partial charge in [0.2, 0.25) is 5.13 Å². The minimum atomic E-state index is -0.647. The van der Waals surface area contributed by atoms with Gasteiger partial charge in [0.1, 0.15) is 16.5 Å². The lowest BCUT2D eigenvalue weighted by atomic mass is 10.2. The SMILES string of the molecule is COc1ccc(-c2nnc(NC(=O)C(C)Oc3ccc(C)cc3)s2)cc1. The van der Waals surface area contributed by atoms with Crippen molar-refractivity contribution in [3.05, 3.63) is 54.1 Å². The summed E-state index contributed by atoms with van der Waals surface area (Å²) >= 11 is 1.30. The Kier molecular flexibility index (Phi) is 5.48. The van der Waals surface area contributed by atoms with Crippen LogP contribution in [0.5, 0.6) is 11.5 Å². The van der Waals surface area contributed by atoms with Crippen molar-refractivity contribution in [2.24, 2.45) is 0 Å². The van der Waals surface area contributed by atoms with E-state index in [1.807, 2.05) is 55.5 Å². The molecule has 1 atom stereocenters. The van der Waals surface area contributed by atoms with Crippen molar-refractivity contribution < 1.29 is 14.3 Å². The molecule has 0 aliphatic rings. The molecule has 1 amide bonds. The van der Waals surface area contributed by atoms with Gasteiger partial charge in [0, 0.05) is 5.56 Å². The molecule has 3 aromatic rings. The van der Waals surface area contributed by atoms with Gasteiger partial charge < -0.3 is 9.47 Å². The number of amides is 1. The summed E-state index contributed by atoms with van der Waals surface area (Å²) in [7, 11) is 1.62. The van der Waals surface area contributed by atoms with Crippen LogP contribution in [-0.4, -0.2) is 29.3 Å². The fourth-order valence-electron chi connectivity index (χ4n) is 2.21. The van der Waals surface area contributed by atoms with E-state index in [1.54, 1.807) is 14.0 Å². The van der Waals surface area contributed by atoms with Crippen LogP contribution in [0.3, 0.4) is 0 Å². The number of aryl methyl sites for hydroxylation is 1. The van der Waals surface area contributed by atoms with Crippen LogP contribution in [-0.2, 0) is 4.79 Å². The normalized spacial score (nSPS) is 11.7. The van der Waals surface area contributed by atoms with Crippen molar-refractivity contribution in [3.8, 4) is 22.1 Å². The third-order valence-electron chi connectivity index (χ3n) is 3.70. The van der Waals surface area contributed by atoms with Crippen LogP contribution < -0.4 is 14.8 Å². The second kappa shape index (κ2) is 7.97. The minimum absolute atomic E-state index is 0.275. The number of anilines is 1. The van der Waals surface area contributed by atoms with Crippen molar-refractivity contribution >= 4 is 22.4 Å². The quantitative estimate of drug-likeness (QED) is 0.713. The molecule has 1 aromatic heterocycles. The topological polar surface area (TPSA) is 73.3 Å². The maximum atomic E-state index is 12.3. The number of hydrogen-bond acceptors (Lipinski definition) is 6. The van der Waals surface area contributed by atoms with Gasteiger partial charge in [-0.1, -0.05) is 29.0 Å². The van der Waals surface area contributed by atoms with Gasteiger partial charge in [-0.15, -0.1) is 10.2 Å². The zero-order chi connectivity index (χ0) is 18.5. The van der Waals surface area contributed by atoms with Gasteiger partial charge in [-0.25, -0.2) is 0 Å². The number of nitrogens with one attached hydrogen (secondary N) is 1. The molecule has 0 saturated carbocycles. The van der Waals surface area contributed by atoms with E-state index in [1.165, 1.54) is 11.3 Å². The highest BCUT2D eigenvalue weighted by molar-refractivity contribution is 7.18. The summed E-state index contributed by atoms with van der Waals surface area (Å²) in [4.78, 5) is 12.3. The van der Waals surface area contributed by atoms with Crippen molar-refractivity contribution in [1.29, 1.82) is 0 Å². The van der Waals surface area contributed by atoms with Gasteiger partial charge in [-0.05, 0) is 50.2 Å². The Morgan fingerprint density at radius 1 is 1.04 bits per heavy atom. The number of rotatable bonds is 6. The average Bonchev–Trinajstić information content (AvgIpc) is 3.12. The molecule has 0 radical (unpaired) electrons. The van der Waals surface area contributed by atoms with E-state index in [-0.39, 0.29) is 5.91 Å². The molecule has 1 heterocycles. The first-order valence-corrected chi connectivity index (χ1v) is 8.89. The Morgan fingerprint density at radius 2 is 1.69 bits per heavy atom. The summed E-state index contributed by atoms with van der Waals surface area (Å²) in [5, 5.41) is 12.0.